The van der Waals surface area contributed by atoms with Gasteiger partial charge in [0, 0.05) is 33.2 Å². The second kappa shape index (κ2) is 8.57. The van der Waals surface area contributed by atoms with Gasteiger partial charge in [0.25, 0.3) is 5.91 Å². The average molecular weight is 405 g/mol. The Hall–Kier alpha value is -2.65. The molecular formula is C19H23N3O5S. The SMILES string of the molecule is CNC(=O)C1CN(CCS(=O)(=O)c2ccccc2)CCN1C(=O)c1ccco1. The summed E-state index contributed by atoms with van der Waals surface area (Å²) in [5.74, 6) is -0.524. The molecule has 0 spiro atoms. The van der Waals surface area contributed by atoms with Crippen LogP contribution >= 0.6 is 0 Å². The summed E-state index contributed by atoms with van der Waals surface area (Å²) in [6.45, 7) is 1.33. The van der Waals surface area contributed by atoms with Crippen molar-refractivity contribution in [3.8, 4) is 0 Å². The molecule has 1 unspecified atom stereocenters. The van der Waals surface area contributed by atoms with E-state index < -0.39 is 15.9 Å². The first-order valence-corrected chi connectivity index (χ1v) is 10.6. The molecule has 150 valence electrons. The lowest BCUT2D eigenvalue weighted by atomic mass is 10.1. The number of nitrogens with zero attached hydrogens (tertiary/aromatic N) is 2. The van der Waals surface area contributed by atoms with Gasteiger partial charge in [0.1, 0.15) is 6.04 Å². The first kappa shape index (κ1) is 20.1. The van der Waals surface area contributed by atoms with Gasteiger partial charge in [-0.1, -0.05) is 18.2 Å². The van der Waals surface area contributed by atoms with E-state index in [9.17, 15) is 18.0 Å². The zero-order chi connectivity index (χ0) is 20.1. The standard InChI is InChI=1S/C19H23N3O5S/c1-20-18(23)16-14-21(9-10-22(16)19(24)17-8-5-12-27-17)11-13-28(25,26)15-6-3-2-4-7-15/h2-8,12,16H,9-11,13-14H2,1H3,(H,20,23). The molecule has 8 nitrogen and oxygen atoms in total. The van der Waals surface area contributed by atoms with Crippen molar-refractivity contribution in [3.05, 3.63) is 54.5 Å². The number of likely N-dealkylation sites (N-methyl/N-ethyl adjacent to an activating group) is 1. The summed E-state index contributed by atoms with van der Waals surface area (Å²) in [4.78, 5) is 28.6. The number of carbonyl (C=O) groups excluding carboxylic acids is 2. The molecule has 1 saturated heterocycles. The number of nitrogens with one attached hydrogen (secondary N) is 1. The van der Waals surface area contributed by atoms with Crippen LogP contribution in [-0.4, -0.2) is 75.1 Å². The van der Waals surface area contributed by atoms with Crippen LogP contribution < -0.4 is 5.32 Å². The van der Waals surface area contributed by atoms with Gasteiger partial charge < -0.3 is 14.6 Å². The lowest BCUT2D eigenvalue weighted by Gasteiger charge is -2.40. The molecule has 1 aliphatic heterocycles. The average Bonchev–Trinajstić information content (AvgIpc) is 3.26. The van der Waals surface area contributed by atoms with Crippen LogP contribution in [0.2, 0.25) is 0 Å². The summed E-state index contributed by atoms with van der Waals surface area (Å²) in [7, 11) is -1.90. The highest BCUT2D eigenvalue weighted by molar-refractivity contribution is 7.91. The number of amides is 2. The van der Waals surface area contributed by atoms with Gasteiger partial charge in [0.05, 0.1) is 16.9 Å². The van der Waals surface area contributed by atoms with Gasteiger partial charge in [-0.25, -0.2) is 8.42 Å². The molecule has 1 atom stereocenters. The van der Waals surface area contributed by atoms with Gasteiger partial charge >= 0.3 is 0 Å². The molecule has 9 heteroatoms. The van der Waals surface area contributed by atoms with Crippen LogP contribution in [0.4, 0.5) is 0 Å². The van der Waals surface area contributed by atoms with E-state index in [0.717, 1.165) is 0 Å². The number of sulfone groups is 1. The maximum absolute atomic E-state index is 12.6. The van der Waals surface area contributed by atoms with E-state index in [2.05, 4.69) is 5.32 Å². The van der Waals surface area contributed by atoms with Crippen molar-refractivity contribution in [2.75, 3.05) is 39.0 Å². The van der Waals surface area contributed by atoms with Gasteiger partial charge in [-0.05, 0) is 24.3 Å². The van der Waals surface area contributed by atoms with E-state index in [1.165, 1.54) is 18.2 Å². The fraction of sp³-hybridized carbons (Fsp3) is 0.368. The van der Waals surface area contributed by atoms with Crippen molar-refractivity contribution in [2.45, 2.75) is 10.9 Å². The zero-order valence-electron chi connectivity index (χ0n) is 15.6. The Kier molecular flexibility index (Phi) is 6.15. The summed E-state index contributed by atoms with van der Waals surface area (Å²) in [5.41, 5.74) is 0. The summed E-state index contributed by atoms with van der Waals surface area (Å²) in [6, 6.07) is 10.7. The van der Waals surface area contributed by atoms with E-state index in [-0.39, 0.29) is 41.3 Å². The predicted molar refractivity (Wildman–Crippen MR) is 103 cm³/mol. The summed E-state index contributed by atoms with van der Waals surface area (Å²) in [5, 5.41) is 2.58. The maximum Gasteiger partial charge on any atom is 0.290 e. The molecule has 0 bridgehead atoms. The highest BCUT2D eigenvalue weighted by atomic mass is 32.2. The van der Waals surface area contributed by atoms with Crippen molar-refractivity contribution in [1.82, 2.24) is 15.1 Å². The van der Waals surface area contributed by atoms with Gasteiger partial charge in [-0.3, -0.25) is 14.5 Å². The monoisotopic (exact) mass is 405 g/mol. The third-order valence-electron chi connectivity index (χ3n) is 4.78. The van der Waals surface area contributed by atoms with Crippen molar-refractivity contribution in [1.29, 1.82) is 0 Å². The van der Waals surface area contributed by atoms with E-state index >= 15 is 0 Å². The van der Waals surface area contributed by atoms with Gasteiger partial charge in [0.15, 0.2) is 15.6 Å². The van der Waals surface area contributed by atoms with E-state index in [4.69, 9.17) is 4.42 Å². The van der Waals surface area contributed by atoms with Crippen molar-refractivity contribution < 1.29 is 22.4 Å². The number of hydrogen-bond donors (Lipinski definition) is 1. The minimum Gasteiger partial charge on any atom is -0.459 e. The molecule has 1 fully saturated rings. The van der Waals surface area contributed by atoms with E-state index in [1.54, 1.807) is 42.5 Å². The lowest BCUT2D eigenvalue weighted by molar-refractivity contribution is -0.127. The highest BCUT2D eigenvalue weighted by Gasteiger charge is 2.36. The molecule has 1 aromatic carbocycles. The Morgan fingerprint density at radius 3 is 2.54 bits per heavy atom. The largest absolute Gasteiger partial charge is 0.459 e. The maximum atomic E-state index is 12.6. The van der Waals surface area contributed by atoms with Crippen LogP contribution in [-0.2, 0) is 14.6 Å². The van der Waals surface area contributed by atoms with Crippen LogP contribution in [0.15, 0.2) is 58.0 Å². The molecule has 0 aliphatic carbocycles. The molecule has 2 amide bonds. The Morgan fingerprint density at radius 2 is 1.89 bits per heavy atom. The molecule has 3 rings (SSSR count). The fourth-order valence-electron chi connectivity index (χ4n) is 3.21. The third kappa shape index (κ3) is 4.42. The normalized spacial score (nSPS) is 18.0. The van der Waals surface area contributed by atoms with Gasteiger partial charge in [-0.2, -0.15) is 0 Å². The summed E-state index contributed by atoms with van der Waals surface area (Å²) < 4.78 is 30.1. The van der Waals surface area contributed by atoms with Crippen LogP contribution in [0.3, 0.4) is 0 Å². The van der Waals surface area contributed by atoms with Crippen molar-refractivity contribution >= 4 is 21.7 Å². The number of rotatable bonds is 6. The van der Waals surface area contributed by atoms with Gasteiger partial charge in [-0.15, -0.1) is 0 Å². The number of furan rings is 1. The first-order chi connectivity index (χ1) is 13.4. The minimum absolute atomic E-state index is 0.0520. The molecule has 0 radical (unpaired) electrons. The van der Waals surface area contributed by atoms with Gasteiger partial charge in [0.2, 0.25) is 5.91 Å². The van der Waals surface area contributed by atoms with Crippen LogP contribution in [0.5, 0.6) is 0 Å². The lowest BCUT2D eigenvalue weighted by Crippen LogP contribution is -2.60. The first-order valence-electron chi connectivity index (χ1n) is 8.98. The molecular weight excluding hydrogens is 382 g/mol. The molecule has 1 aliphatic rings. The number of benzene rings is 1. The zero-order valence-corrected chi connectivity index (χ0v) is 16.4. The van der Waals surface area contributed by atoms with E-state index in [0.29, 0.717) is 13.1 Å². The smallest absolute Gasteiger partial charge is 0.290 e. The molecule has 2 heterocycles. The summed E-state index contributed by atoms with van der Waals surface area (Å²) >= 11 is 0. The van der Waals surface area contributed by atoms with E-state index in [1.807, 2.05) is 4.90 Å². The number of piperazine rings is 1. The summed E-state index contributed by atoms with van der Waals surface area (Å²) in [6.07, 6.45) is 1.41. The number of carbonyl (C=O) groups is 2. The molecule has 28 heavy (non-hydrogen) atoms. The molecule has 0 saturated carbocycles. The Morgan fingerprint density at radius 1 is 1.14 bits per heavy atom. The highest BCUT2D eigenvalue weighted by Crippen LogP contribution is 2.16. The molecule has 1 aromatic heterocycles. The van der Waals surface area contributed by atoms with Crippen molar-refractivity contribution in [2.24, 2.45) is 0 Å². The quantitative estimate of drug-likeness (QED) is 0.757. The van der Waals surface area contributed by atoms with Crippen molar-refractivity contribution in [3.63, 3.8) is 0 Å². The topological polar surface area (TPSA) is 99.9 Å². The number of hydrogen-bond acceptors (Lipinski definition) is 6. The fourth-order valence-corrected chi connectivity index (χ4v) is 4.52. The Bertz CT molecular complexity index is 912. The van der Waals surface area contributed by atoms with Crippen LogP contribution in [0.1, 0.15) is 10.6 Å². The second-order valence-corrected chi connectivity index (χ2v) is 8.65. The van der Waals surface area contributed by atoms with Crippen LogP contribution in [0, 0.1) is 0 Å². The third-order valence-corrected chi connectivity index (χ3v) is 6.50. The van der Waals surface area contributed by atoms with Crippen LogP contribution in [0.25, 0.3) is 0 Å². The Balaban J connectivity index is 1.67. The predicted octanol–water partition coefficient (Wildman–Crippen LogP) is 0.626. The molecule has 1 N–H and O–H groups in total. The molecule has 2 aromatic rings. The minimum atomic E-state index is -3.41. The second-order valence-electron chi connectivity index (χ2n) is 6.54. The Labute approximate surface area is 164 Å².